The molecule has 0 bridgehead atoms. The van der Waals surface area contributed by atoms with E-state index in [2.05, 4.69) is 256 Å². The first-order chi connectivity index (χ1) is 33.6. The van der Waals surface area contributed by atoms with E-state index in [1.807, 2.05) is 0 Å². The molecule has 1 aliphatic rings. The summed E-state index contributed by atoms with van der Waals surface area (Å²) in [6.45, 7) is 2.19. The Kier molecular flexibility index (Phi) is 8.51. The van der Waals surface area contributed by atoms with E-state index in [-0.39, 0.29) is 0 Å². The quantitative estimate of drug-likeness (QED) is 0.151. The normalized spacial score (nSPS) is 12.9. The lowest BCUT2D eigenvalue weighted by Gasteiger charge is -2.34. The van der Waals surface area contributed by atoms with Gasteiger partial charge in [0.2, 0.25) is 0 Å². The Labute approximate surface area is 396 Å². The van der Waals surface area contributed by atoms with Crippen molar-refractivity contribution in [2.24, 2.45) is 0 Å². The molecule has 316 valence electrons. The monoisotopic (exact) mass is 860 g/mol. The standard InChI is InChI=1S/C68H44/c1-43-23-31-50(32-24-43)68(51-33-25-45(26-34-51)44-13-3-2-4-14-44)66-41-48(46-27-35-60-56-19-7-5-15-52(56)54-17-9-11-21-58(54)64(60)39-46)29-37-62(66)63-38-30-49(42-67(63)68)47-28-36-61-57-20-8-6-16-53(57)55-18-10-12-22-59(55)65(61)40-47/h2-42H,1H3. The first-order valence-electron chi connectivity index (χ1n) is 23.8. The molecule has 14 rings (SSSR count). The largest absolute Gasteiger partial charge is 0.0714 e. The minimum atomic E-state index is -0.612. The summed E-state index contributed by atoms with van der Waals surface area (Å²) in [6, 6.07) is 93.7. The lowest BCUT2D eigenvalue weighted by atomic mass is 9.67. The van der Waals surface area contributed by atoms with E-state index >= 15 is 0 Å². The van der Waals surface area contributed by atoms with Crippen LogP contribution in [0, 0.1) is 6.92 Å². The zero-order valence-corrected chi connectivity index (χ0v) is 37.7. The Morgan fingerprint density at radius 2 is 0.515 bits per heavy atom. The summed E-state index contributed by atoms with van der Waals surface area (Å²) in [6.07, 6.45) is 0. The molecule has 0 aromatic heterocycles. The van der Waals surface area contributed by atoms with Crippen LogP contribution >= 0.6 is 0 Å². The molecule has 0 amide bonds. The van der Waals surface area contributed by atoms with Gasteiger partial charge in [-0.1, -0.05) is 230 Å². The van der Waals surface area contributed by atoms with E-state index in [0.717, 1.165) is 0 Å². The number of fused-ring (bicyclic) bond motifs is 15. The minimum Gasteiger partial charge on any atom is -0.0622 e. The summed E-state index contributed by atoms with van der Waals surface area (Å²) in [5, 5.41) is 15.4. The van der Waals surface area contributed by atoms with Gasteiger partial charge in [-0.25, -0.2) is 0 Å². The molecular formula is C68H44. The summed E-state index contributed by atoms with van der Waals surface area (Å²) < 4.78 is 0. The fourth-order valence-electron chi connectivity index (χ4n) is 12.0. The van der Waals surface area contributed by atoms with Crippen LogP contribution in [0.3, 0.4) is 0 Å². The van der Waals surface area contributed by atoms with E-state index in [4.69, 9.17) is 0 Å². The third-order valence-corrected chi connectivity index (χ3v) is 15.2. The third-order valence-electron chi connectivity index (χ3n) is 15.2. The maximum absolute atomic E-state index is 2.51. The fourth-order valence-corrected chi connectivity index (χ4v) is 12.0. The molecule has 0 fully saturated rings. The van der Waals surface area contributed by atoms with Gasteiger partial charge in [0, 0.05) is 0 Å². The molecule has 0 heteroatoms. The Balaban J connectivity index is 1.02. The van der Waals surface area contributed by atoms with Crippen LogP contribution in [0.5, 0.6) is 0 Å². The first kappa shape index (κ1) is 38.7. The van der Waals surface area contributed by atoms with Crippen molar-refractivity contribution in [2.45, 2.75) is 12.3 Å². The fraction of sp³-hybridized carbons (Fsp3) is 0.0294. The van der Waals surface area contributed by atoms with Crippen molar-refractivity contribution < 1.29 is 0 Å². The summed E-state index contributed by atoms with van der Waals surface area (Å²) in [7, 11) is 0. The van der Waals surface area contributed by atoms with Crippen LogP contribution in [0.15, 0.2) is 249 Å². The number of aryl methyl sites for hydroxylation is 1. The molecule has 0 atom stereocenters. The molecule has 0 nitrogen and oxygen atoms in total. The topological polar surface area (TPSA) is 0 Å². The lowest BCUT2D eigenvalue weighted by molar-refractivity contribution is 0.768. The molecule has 13 aromatic rings. The van der Waals surface area contributed by atoms with Crippen LogP contribution in [-0.2, 0) is 5.41 Å². The summed E-state index contributed by atoms with van der Waals surface area (Å²) in [5.41, 5.74) is 15.6. The highest BCUT2D eigenvalue weighted by atomic mass is 14.5. The Hall–Kier alpha value is -8.58. The number of rotatable bonds is 5. The molecule has 68 heavy (non-hydrogen) atoms. The molecule has 13 aromatic carbocycles. The van der Waals surface area contributed by atoms with Crippen molar-refractivity contribution in [3.8, 4) is 44.5 Å². The van der Waals surface area contributed by atoms with Gasteiger partial charge in [0.15, 0.2) is 0 Å². The molecular weight excluding hydrogens is 817 g/mol. The molecule has 1 aliphatic carbocycles. The second-order valence-electron chi connectivity index (χ2n) is 18.8. The van der Waals surface area contributed by atoms with Gasteiger partial charge >= 0.3 is 0 Å². The average Bonchev–Trinajstić information content (AvgIpc) is 3.71. The van der Waals surface area contributed by atoms with Crippen molar-refractivity contribution in [1.82, 2.24) is 0 Å². The molecule has 0 aliphatic heterocycles. The lowest BCUT2D eigenvalue weighted by Crippen LogP contribution is -2.28. The first-order valence-corrected chi connectivity index (χ1v) is 23.8. The Bertz CT molecular complexity index is 3900. The van der Waals surface area contributed by atoms with Crippen molar-refractivity contribution in [1.29, 1.82) is 0 Å². The van der Waals surface area contributed by atoms with E-state index < -0.39 is 5.41 Å². The molecule has 0 heterocycles. The Morgan fingerprint density at radius 1 is 0.221 bits per heavy atom. The van der Waals surface area contributed by atoms with E-state index in [1.165, 1.54) is 137 Å². The van der Waals surface area contributed by atoms with Crippen LogP contribution in [-0.4, -0.2) is 0 Å². The molecule has 0 saturated heterocycles. The number of hydrogen-bond acceptors (Lipinski definition) is 0. The molecule has 0 spiro atoms. The van der Waals surface area contributed by atoms with Gasteiger partial charge < -0.3 is 0 Å². The highest BCUT2D eigenvalue weighted by molar-refractivity contribution is 6.27. The third kappa shape index (κ3) is 5.68. The van der Waals surface area contributed by atoms with Gasteiger partial charge in [-0.15, -0.1) is 0 Å². The smallest absolute Gasteiger partial charge is 0.0622 e. The highest BCUT2D eigenvalue weighted by Crippen LogP contribution is 2.58. The van der Waals surface area contributed by atoms with Crippen LogP contribution in [0.1, 0.15) is 27.8 Å². The molecule has 0 saturated carbocycles. The minimum absolute atomic E-state index is 0.612. The van der Waals surface area contributed by atoms with Crippen molar-refractivity contribution in [3.05, 3.63) is 277 Å². The molecule has 0 radical (unpaired) electrons. The van der Waals surface area contributed by atoms with Crippen LogP contribution in [0.25, 0.3) is 109 Å². The van der Waals surface area contributed by atoms with Gasteiger partial charge in [0.1, 0.15) is 0 Å². The van der Waals surface area contributed by atoms with Crippen molar-refractivity contribution in [2.75, 3.05) is 0 Å². The zero-order chi connectivity index (χ0) is 44.9. The summed E-state index contributed by atoms with van der Waals surface area (Å²) in [5.74, 6) is 0. The number of benzene rings is 13. The van der Waals surface area contributed by atoms with E-state index in [9.17, 15) is 0 Å². The van der Waals surface area contributed by atoms with E-state index in [1.54, 1.807) is 0 Å². The van der Waals surface area contributed by atoms with Gasteiger partial charge in [-0.05, 0) is 163 Å². The van der Waals surface area contributed by atoms with Gasteiger partial charge in [-0.2, -0.15) is 0 Å². The Morgan fingerprint density at radius 3 is 0.926 bits per heavy atom. The van der Waals surface area contributed by atoms with Gasteiger partial charge in [-0.3, -0.25) is 0 Å². The van der Waals surface area contributed by atoms with Crippen molar-refractivity contribution in [3.63, 3.8) is 0 Å². The zero-order valence-electron chi connectivity index (χ0n) is 37.7. The average molecular weight is 861 g/mol. The van der Waals surface area contributed by atoms with Crippen LogP contribution in [0.2, 0.25) is 0 Å². The maximum Gasteiger partial charge on any atom is 0.0714 e. The second-order valence-corrected chi connectivity index (χ2v) is 18.8. The SMILES string of the molecule is Cc1ccc(C2(c3ccc(-c4ccccc4)cc3)c3cc(-c4ccc5c6ccccc6c6ccccc6c5c4)ccc3-c3ccc(-c4ccc5c6ccccc6c6ccccc6c5c4)cc32)cc1. The van der Waals surface area contributed by atoms with E-state index in [0.29, 0.717) is 0 Å². The van der Waals surface area contributed by atoms with Crippen molar-refractivity contribution >= 4 is 64.6 Å². The van der Waals surface area contributed by atoms with Crippen LogP contribution in [0.4, 0.5) is 0 Å². The number of hydrogen-bond donors (Lipinski definition) is 0. The summed E-state index contributed by atoms with van der Waals surface area (Å²) >= 11 is 0. The molecule has 0 N–H and O–H groups in total. The van der Waals surface area contributed by atoms with Gasteiger partial charge in [0.05, 0.1) is 5.41 Å². The van der Waals surface area contributed by atoms with Gasteiger partial charge in [0.25, 0.3) is 0 Å². The second kappa shape index (κ2) is 15.0. The maximum atomic E-state index is 2.51. The predicted octanol–water partition coefficient (Wildman–Crippen LogP) is 18.3. The predicted molar refractivity (Wildman–Crippen MR) is 290 cm³/mol. The molecule has 0 unspecified atom stereocenters. The summed E-state index contributed by atoms with van der Waals surface area (Å²) in [4.78, 5) is 0. The highest BCUT2D eigenvalue weighted by Gasteiger charge is 2.46. The van der Waals surface area contributed by atoms with Crippen LogP contribution < -0.4 is 0 Å².